The number of carbonyl (C=O) groups is 2. The summed E-state index contributed by atoms with van der Waals surface area (Å²) < 4.78 is 7.00. The highest BCUT2D eigenvalue weighted by atomic mass is 32.2. The number of amides is 2. The number of aromatic nitrogens is 3. The highest BCUT2D eigenvalue weighted by Crippen LogP contribution is 2.24. The molecule has 0 saturated heterocycles. The average molecular weight is 494 g/mol. The summed E-state index contributed by atoms with van der Waals surface area (Å²) in [4.78, 5) is 25.4. The van der Waals surface area contributed by atoms with Crippen LogP contribution >= 0.6 is 11.8 Å². The minimum atomic E-state index is -0.403. The average Bonchev–Trinajstić information content (AvgIpc) is 3.26. The van der Waals surface area contributed by atoms with Gasteiger partial charge in [0.1, 0.15) is 5.75 Å². The van der Waals surface area contributed by atoms with Crippen LogP contribution in [0.5, 0.6) is 5.75 Å². The van der Waals surface area contributed by atoms with Gasteiger partial charge in [0.2, 0.25) is 5.91 Å². The van der Waals surface area contributed by atoms with Gasteiger partial charge in [0.05, 0.1) is 18.9 Å². The van der Waals surface area contributed by atoms with Crippen LogP contribution in [0.25, 0.3) is 0 Å². The number of allylic oxidation sites excluding steroid dienone is 1. The minimum Gasteiger partial charge on any atom is -0.497 e. The molecular weight excluding hydrogens is 462 g/mol. The quantitative estimate of drug-likeness (QED) is 0.300. The molecule has 3 aromatic rings. The first-order chi connectivity index (χ1) is 16.9. The molecule has 2 aromatic carbocycles. The van der Waals surface area contributed by atoms with Crippen LogP contribution in [0, 0.1) is 6.92 Å². The summed E-state index contributed by atoms with van der Waals surface area (Å²) in [5.74, 6) is 1.10. The number of para-hydroxylation sites is 1. The number of benzene rings is 2. The van der Waals surface area contributed by atoms with E-state index in [-0.39, 0.29) is 17.6 Å². The van der Waals surface area contributed by atoms with Gasteiger partial charge in [-0.3, -0.25) is 9.59 Å². The number of aryl methyl sites for hydroxylation is 2. The Balaban J connectivity index is 1.68. The molecule has 3 rings (SSSR count). The third kappa shape index (κ3) is 6.51. The fraction of sp³-hybridized carbons (Fsp3) is 0.308. The predicted octanol–water partition coefficient (Wildman–Crippen LogP) is 4.57. The molecular formula is C26H31N5O3S. The predicted molar refractivity (Wildman–Crippen MR) is 139 cm³/mol. The maximum absolute atomic E-state index is 12.7. The molecule has 0 fully saturated rings. The van der Waals surface area contributed by atoms with Gasteiger partial charge in [0.15, 0.2) is 11.0 Å². The maximum Gasteiger partial charge on any atom is 0.251 e. The van der Waals surface area contributed by atoms with Crippen LogP contribution in [0.1, 0.15) is 47.2 Å². The zero-order valence-electron chi connectivity index (χ0n) is 20.5. The second-order valence-corrected chi connectivity index (χ2v) is 8.91. The standard InChI is InChI=1S/C26H31N5O3S/c1-6-15-31-24(18(4)27-25(33)20-11-13-21(34-5)14-12-20)29-30-26(31)35-16-22(32)28-23-17(3)9-8-10-19(23)7-2/h6,8-14,18H,1,7,15-16H2,2-5H3,(H,27,33)(H,28,32)/t18-/m1/s1. The lowest BCUT2D eigenvalue weighted by atomic mass is 10.1. The molecule has 9 heteroatoms. The Hall–Kier alpha value is -3.59. The Labute approximate surface area is 210 Å². The van der Waals surface area contributed by atoms with Gasteiger partial charge in [-0.2, -0.15) is 0 Å². The number of anilines is 1. The van der Waals surface area contributed by atoms with E-state index < -0.39 is 6.04 Å². The minimum absolute atomic E-state index is 0.116. The molecule has 1 aromatic heterocycles. The molecule has 184 valence electrons. The molecule has 8 nitrogen and oxygen atoms in total. The number of hydrogen-bond acceptors (Lipinski definition) is 6. The van der Waals surface area contributed by atoms with Gasteiger partial charge < -0.3 is 19.9 Å². The summed E-state index contributed by atoms with van der Waals surface area (Å²) in [7, 11) is 1.58. The van der Waals surface area contributed by atoms with Gasteiger partial charge >= 0.3 is 0 Å². The van der Waals surface area contributed by atoms with Gasteiger partial charge in [-0.15, -0.1) is 16.8 Å². The summed E-state index contributed by atoms with van der Waals surface area (Å²) in [5.41, 5.74) is 3.51. The number of nitrogens with zero attached hydrogens (tertiary/aromatic N) is 3. The molecule has 35 heavy (non-hydrogen) atoms. The van der Waals surface area contributed by atoms with Gasteiger partial charge in [-0.25, -0.2) is 0 Å². The van der Waals surface area contributed by atoms with E-state index in [9.17, 15) is 9.59 Å². The molecule has 0 aliphatic heterocycles. The number of ether oxygens (including phenoxy) is 1. The molecule has 0 radical (unpaired) electrons. The second-order valence-electron chi connectivity index (χ2n) is 7.96. The molecule has 0 aliphatic rings. The fourth-order valence-electron chi connectivity index (χ4n) is 3.62. The highest BCUT2D eigenvalue weighted by Gasteiger charge is 2.21. The fourth-order valence-corrected chi connectivity index (χ4v) is 4.38. The summed E-state index contributed by atoms with van der Waals surface area (Å²) in [6.45, 7) is 10.2. The van der Waals surface area contributed by atoms with Gasteiger partial charge in [-0.05, 0) is 55.7 Å². The molecule has 1 heterocycles. The summed E-state index contributed by atoms with van der Waals surface area (Å²) in [6, 6.07) is 12.5. The highest BCUT2D eigenvalue weighted by molar-refractivity contribution is 7.99. The first-order valence-corrected chi connectivity index (χ1v) is 12.4. The van der Waals surface area contributed by atoms with E-state index in [1.54, 1.807) is 37.5 Å². The van der Waals surface area contributed by atoms with E-state index >= 15 is 0 Å². The zero-order valence-corrected chi connectivity index (χ0v) is 21.3. The van der Waals surface area contributed by atoms with Crippen molar-refractivity contribution in [1.82, 2.24) is 20.1 Å². The number of methoxy groups -OCH3 is 1. The van der Waals surface area contributed by atoms with Crippen molar-refractivity contribution in [3.63, 3.8) is 0 Å². The summed E-state index contributed by atoms with van der Waals surface area (Å²) in [5, 5.41) is 15.1. The topological polar surface area (TPSA) is 98.1 Å². The van der Waals surface area contributed by atoms with Crippen LogP contribution in [-0.2, 0) is 17.8 Å². The lowest BCUT2D eigenvalue weighted by molar-refractivity contribution is -0.113. The van der Waals surface area contributed by atoms with Gasteiger partial charge in [0, 0.05) is 17.8 Å². The van der Waals surface area contributed by atoms with Crippen molar-refractivity contribution in [3.05, 3.63) is 77.6 Å². The van der Waals surface area contributed by atoms with Gasteiger partial charge in [-0.1, -0.05) is 43.0 Å². The Morgan fingerprint density at radius 3 is 2.60 bits per heavy atom. The molecule has 0 spiro atoms. The van der Waals surface area contributed by atoms with Crippen molar-refractivity contribution in [2.75, 3.05) is 18.2 Å². The molecule has 0 unspecified atom stereocenters. The van der Waals surface area contributed by atoms with E-state index in [4.69, 9.17) is 4.74 Å². The van der Waals surface area contributed by atoms with Crippen LogP contribution < -0.4 is 15.4 Å². The van der Waals surface area contributed by atoms with Crippen molar-refractivity contribution in [3.8, 4) is 5.75 Å². The molecule has 0 bridgehead atoms. The van der Waals surface area contributed by atoms with Crippen molar-refractivity contribution < 1.29 is 14.3 Å². The van der Waals surface area contributed by atoms with E-state index in [0.29, 0.717) is 28.8 Å². The Kier molecular flexibility index (Phi) is 9.08. The van der Waals surface area contributed by atoms with E-state index in [2.05, 4.69) is 34.3 Å². The third-order valence-electron chi connectivity index (χ3n) is 5.48. The Morgan fingerprint density at radius 1 is 1.20 bits per heavy atom. The van der Waals surface area contributed by atoms with Crippen molar-refractivity contribution >= 4 is 29.3 Å². The Bertz CT molecular complexity index is 1190. The van der Waals surface area contributed by atoms with Crippen LogP contribution in [0.4, 0.5) is 5.69 Å². The van der Waals surface area contributed by atoms with Crippen molar-refractivity contribution in [2.24, 2.45) is 0 Å². The number of nitrogens with one attached hydrogen (secondary N) is 2. The van der Waals surface area contributed by atoms with Crippen LogP contribution in [0.2, 0.25) is 0 Å². The first kappa shape index (κ1) is 26.0. The summed E-state index contributed by atoms with van der Waals surface area (Å²) in [6.07, 6.45) is 2.57. The number of rotatable bonds is 11. The number of hydrogen-bond donors (Lipinski definition) is 2. The number of thioether (sulfide) groups is 1. The van der Waals surface area contributed by atoms with Crippen molar-refractivity contribution in [1.29, 1.82) is 0 Å². The van der Waals surface area contributed by atoms with Crippen LogP contribution in [0.3, 0.4) is 0 Å². The number of carbonyl (C=O) groups excluding carboxylic acids is 2. The van der Waals surface area contributed by atoms with E-state index in [1.807, 2.05) is 36.6 Å². The SMILES string of the molecule is C=CCn1c(SCC(=O)Nc2c(C)cccc2CC)nnc1[C@@H](C)NC(=O)c1ccc(OC)cc1. The van der Waals surface area contributed by atoms with E-state index in [1.165, 1.54) is 11.8 Å². The summed E-state index contributed by atoms with van der Waals surface area (Å²) >= 11 is 1.29. The molecule has 2 N–H and O–H groups in total. The largest absolute Gasteiger partial charge is 0.497 e. The van der Waals surface area contributed by atoms with Crippen LogP contribution in [-0.4, -0.2) is 39.4 Å². The van der Waals surface area contributed by atoms with Crippen LogP contribution in [0.15, 0.2) is 60.3 Å². The zero-order chi connectivity index (χ0) is 25.4. The smallest absolute Gasteiger partial charge is 0.251 e. The molecule has 1 atom stereocenters. The first-order valence-electron chi connectivity index (χ1n) is 11.4. The van der Waals surface area contributed by atoms with E-state index in [0.717, 1.165) is 23.2 Å². The monoisotopic (exact) mass is 493 g/mol. The maximum atomic E-state index is 12.7. The lowest BCUT2D eigenvalue weighted by Crippen LogP contribution is -2.28. The third-order valence-corrected chi connectivity index (χ3v) is 6.45. The second kappa shape index (κ2) is 12.2. The normalized spacial score (nSPS) is 11.5. The van der Waals surface area contributed by atoms with Gasteiger partial charge in [0.25, 0.3) is 5.91 Å². The van der Waals surface area contributed by atoms with Crippen molar-refractivity contribution in [2.45, 2.75) is 44.9 Å². The molecule has 0 saturated carbocycles. The molecule has 0 aliphatic carbocycles. The lowest BCUT2D eigenvalue weighted by Gasteiger charge is -2.16. The molecule has 2 amide bonds. The Morgan fingerprint density at radius 2 is 1.94 bits per heavy atom.